The number of rotatable bonds is 3. The number of hydrogen-bond acceptors (Lipinski definition) is 3. The zero-order valence-electron chi connectivity index (χ0n) is 13.1. The standard InChI is InChI=1S/C18H23NO2/c1-12(2)16-10-7-14(4)17(11-16)19-21-18(20)15-8-5-13(3)6-9-15/h5-6,8-9,14,16H,1,7,10-11H2,2-4H3/b19-17+/t14-,16-/m1/s1. The van der Waals surface area contributed by atoms with Gasteiger partial charge in [0.25, 0.3) is 0 Å². The van der Waals surface area contributed by atoms with E-state index in [1.807, 2.05) is 19.1 Å². The minimum atomic E-state index is -0.396. The summed E-state index contributed by atoms with van der Waals surface area (Å²) in [5.41, 5.74) is 3.79. The molecule has 2 atom stereocenters. The van der Waals surface area contributed by atoms with Gasteiger partial charge >= 0.3 is 5.97 Å². The predicted molar refractivity (Wildman–Crippen MR) is 85.3 cm³/mol. The van der Waals surface area contributed by atoms with Gasteiger partial charge in [-0.15, -0.1) is 0 Å². The predicted octanol–water partition coefficient (Wildman–Crippen LogP) is 4.52. The number of oxime groups is 1. The Labute approximate surface area is 126 Å². The van der Waals surface area contributed by atoms with Gasteiger partial charge in [0.2, 0.25) is 0 Å². The lowest BCUT2D eigenvalue weighted by Crippen LogP contribution is -2.24. The Balaban J connectivity index is 2.03. The van der Waals surface area contributed by atoms with Crippen LogP contribution in [0, 0.1) is 18.8 Å². The molecule has 0 heterocycles. The summed E-state index contributed by atoms with van der Waals surface area (Å²) in [5, 5.41) is 4.12. The van der Waals surface area contributed by atoms with Crippen molar-refractivity contribution in [3.63, 3.8) is 0 Å². The van der Waals surface area contributed by atoms with Crippen LogP contribution in [0.25, 0.3) is 0 Å². The highest BCUT2D eigenvalue weighted by atomic mass is 16.7. The van der Waals surface area contributed by atoms with Gasteiger partial charge < -0.3 is 4.84 Å². The van der Waals surface area contributed by atoms with Crippen molar-refractivity contribution in [3.05, 3.63) is 47.5 Å². The molecule has 1 aromatic rings. The van der Waals surface area contributed by atoms with Crippen LogP contribution in [-0.2, 0) is 4.84 Å². The van der Waals surface area contributed by atoms with Crippen molar-refractivity contribution in [2.75, 3.05) is 0 Å². The van der Waals surface area contributed by atoms with Gasteiger partial charge in [0, 0.05) is 0 Å². The van der Waals surface area contributed by atoms with E-state index in [2.05, 4.69) is 25.6 Å². The van der Waals surface area contributed by atoms with E-state index < -0.39 is 5.97 Å². The number of carbonyl (C=O) groups excluding carboxylic acids is 1. The molecule has 112 valence electrons. The summed E-state index contributed by atoms with van der Waals surface area (Å²) in [6, 6.07) is 7.31. The lowest BCUT2D eigenvalue weighted by molar-refractivity contribution is 0.0511. The van der Waals surface area contributed by atoms with E-state index in [4.69, 9.17) is 4.84 Å². The second kappa shape index (κ2) is 6.70. The van der Waals surface area contributed by atoms with E-state index in [1.54, 1.807) is 12.1 Å². The maximum absolute atomic E-state index is 12.0. The van der Waals surface area contributed by atoms with Gasteiger partial charge in [-0.2, -0.15) is 0 Å². The normalized spacial score (nSPS) is 23.9. The lowest BCUT2D eigenvalue weighted by Gasteiger charge is -2.27. The van der Waals surface area contributed by atoms with E-state index in [1.165, 1.54) is 5.57 Å². The van der Waals surface area contributed by atoms with E-state index in [9.17, 15) is 4.79 Å². The molecule has 3 nitrogen and oxygen atoms in total. The Hall–Kier alpha value is -1.90. The third-order valence-electron chi connectivity index (χ3n) is 4.20. The number of carbonyl (C=O) groups is 1. The molecular weight excluding hydrogens is 262 g/mol. The molecule has 21 heavy (non-hydrogen) atoms. The average Bonchev–Trinajstić information content (AvgIpc) is 2.46. The highest BCUT2D eigenvalue weighted by molar-refractivity contribution is 5.91. The van der Waals surface area contributed by atoms with Gasteiger partial charge in [-0.3, -0.25) is 0 Å². The van der Waals surface area contributed by atoms with Gasteiger partial charge in [-0.05, 0) is 57.1 Å². The van der Waals surface area contributed by atoms with Crippen LogP contribution in [0.5, 0.6) is 0 Å². The summed E-state index contributed by atoms with van der Waals surface area (Å²) in [6.45, 7) is 10.2. The maximum atomic E-state index is 12.0. The first-order chi connectivity index (χ1) is 9.97. The van der Waals surface area contributed by atoms with Gasteiger partial charge in [-0.25, -0.2) is 4.79 Å². The summed E-state index contributed by atoms with van der Waals surface area (Å²) in [5.74, 6) is 0.427. The van der Waals surface area contributed by atoms with Gasteiger partial charge in [0.15, 0.2) is 0 Å². The van der Waals surface area contributed by atoms with E-state index in [0.717, 1.165) is 30.5 Å². The van der Waals surface area contributed by atoms with E-state index in [0.29, 0.717) is 17.4 Å². The minimum absolute atomic E-state index is 0.367. The first kappa shape index (κ1) is 15.5. The molecule has 3 heteroatoms. The third kappa shape index (κ3) is 4.03. The van der Waals surface area contributed by atoms with E-state index in [-0.39, 0.29) is 0 Å². The molecule has 0 bridgehead atoms. The quantitative estimate of drug-likeness (QED) is 0.465. The maximum Gasteiger partial charge on any atom is 0.365 e. The molecule has 0 radical (unpaired) electrons. The Morgan fingerprint density at radius 2 is 1.95 bits per heavy atom. The monoisotopic (exact) mass is 285 g/mol. The van der Waals surface area contributed by atoms with Crippen LogP contribution in [-0.4, -0.2) is 11.7 Å². The highest BCUT2D eigenvalue weighted by Gasteiger charge is 2.25. The fourth-order valence-electron chi connectivity index (χ4n) is 2.56. The van der Waals surface area contributed by atoms with Gasteiger partial charge in [0.05, 0.1) is 11.3 Å². The summed E-state index contributed by atoms with van der Waals surface area (Å²) in [4.78, 5) is 17.1. The molecule has 1 aromatic carbocycles. The van der Waals surface area contributed by atoms with Gasteiger partial charge in [0.1, 0.15) is 0 Å². The Morgan fingerprint density at radius 1 is 1.29 bits per heavy atom. The Kier molecular flexibility index (Phi) is 4.94. The molecular formula is C18H23NO2. The number of aryl methyl sites for hydroxylation is 1. The van der Waals surface area contributed by atoms with Crippen molar-refractivity contribution in [1.82, 2.24) is 0 Å². The molecule has 0 N–H and O–H groups in total. The first-order valence-corrected chi connectivity index (χ1v) is 7.47. The summed E-state index contributed by atoms with van der Waals surface area (Å²) >= 11 is 0. The molecule has 1 aliphatic rings. The Bertz CT molecular complexity index is 557. The molecule has 1 fully saturated rings. The fraction of sp³-hybridized carbons (Fsp3) is 0.444. The van der Waals surface area contributed by atoms with Crippen LogP contribution in [0.15, 0.2) is 41.6 Å². The molecule has 0 aliphatic heterocycles. The van der Waals surface area contributed by atoms with Crippen molar-refractivity contribution in [1.29, 1.82) is 0 Å². The average molecular weight is 285 g/mol. The molecule has 0 spiro atoms. The third-order valence-corrected chi connectivity index (χ3v) is 4.20. The van der Waals surface area contributed by atoms with Crippen molar-refractivity contribution >= 4 is 11.7 Å². The summed E-state index contributed by atoms with van der Waals surface area (Å²) < 4.78 is 0. The number of benzene rings is 1. The molecule has 0 unspecified atom stereocenters. The number of allylic oxidation sites excluding steroid dienone is 1. The number of hydrogen-bond donors (Lipinski definition) is 0. The minimum Gasteiger partial charge on any atom is -0.313 e. The van der Waals surface area contributed by atoms with Crippen LogP contribution in [0.2, 0.25) is 0 Å². The molecule has 1 saturated carbocycles. The summed E-state index contributed by atoms with van der Waals surface area (Å²) in [7, 11) is 0. The molecule has 0 aromatic heterocycles. The first-order valence-electron chi connectivity index (χ1n) is 7.47. The smallest absolute Gasteiger partial charge is 0.313 e. The van der Waals surface area contributed by atoms with Crippen molar-refractivity contribution in [3.8, 4) is 0 Å². The lowest BCUT2D eigenvalue weighted by atomic mass is 9.79. The van der Waals surface area contributed by atoms with Crippen molar-refractivity contribution in [2.24, 2.45) is 17.0 Å². The van der Waals surface area contributed by atoms with Crippen LogP contribution >= 0.6 is 0 Å². The summed E-state index contributed by atoms with van der Waals surface area (Å²) in [6.07, 6.45) is 3.05. The molecule has 2 rings (SSSR count). The second-order valence-corrected chi connectivity index (χ2v) is 6.05. The van der Waals surface area contributed by atoms with Crippen molar-refractivity contribution < 1.29 is 9.63 Å². The van der Waals surface area contributed by atoms with Crippen molar-refractivity contribution in [2.45, 2.75) is 40.0 Å². The topological polar surface area (TPSA) is 38.7 Å². The fourth-order valence-corrected chi connectivity index (χ4v) is 2.56. The largest absolute Gasteiger partial charge is 0.365 e. The van der Waals surface area contributed by atoms with E-state index >= 15 is 0 Å². The van der Waals surface area contributed by atoms with Crippen LogP contribution in [0.4, 0.5) is 0 Å². The second-order valence-electron chi connectivity index (χ2n) is 6.05. The molecule has 0 saturated heterocycles. The zero-order valence-corrected chi connectivity index (χ0v) is 13.1. The zero-order chi connectivity index (χ0) is 15.4. The van der Waals surface area contributed by atoms with Gasteiger partial charge in [-0.1, -0.05) is 41.9 Å². The SMILES string of the molecule is C=C(C)[C@@H]1CC[C@@H](C)/C(=N/OC(=O)c2ccc(C)cc2)C1. The van der Waals surface area contributed by atoms with Crippen LogP contribution in [0.3, 0.4) is 0 Å². The van der Waals surface area contributed by atoms with Crippen LogP contribution < -0.4 is 0 Å². The highest BCUT2D eigenvalue weighted by Crippen LogP contribution is 2.30. The number of nitrogens with zero attached hydrogens (tertiary/aromatic N) is 1. The molecule has 1 aliphatic carbocycles. The van der Waals surface area contributed by atoms with Crippen LogP contribution in [0.1, 0.15) is 49.0 Å². The Morgan fingerprint density at radius 3 is 2.57 bits per heavy atom. The molecule has 0 amide bonds.